The highest BCUT2D eigenvalue weighted by Gasteiger charge is 2.29. The van der Waals surface area contributed by atoms with Gasteiger partial charge in [0.1, 0.15) is 11.6 Å². The Morgan fingerprint density at radius 1 is 1.10 bits per heavy atom. The highest BCUT2D eigenvalue weighted by molar-refractivity contribution is 6.32. The number of halogens is 2. The lowest BCUT2D eigenvalue weighted by atomic mass is 10.2. The minimum absolute atomic E-state index is 0.0423. The molecule has 1 aliphatic heterocycles. The van der Waals surface area contributed by atoms with Crippen molar-refractivity contribution in [2.75, 3.05) is 23.7 Å². The summed E-state index contributed by atoms with van der Waals surface area (Å²) in [6.07, 6.45) is 0.854. The topological polar surface area (TPSA) is 139 Å². The minimum Gasteiger partial charge on any atom is -0.454 e. The van der Waals surface area contributed by atoms with Gasteiger partial charge in [0, 0.05) is 30.1 Å². The Labute approximate surface area is 231 Å². The number of aliphatic hydroxyl groups is 1. The van der Waals surface area contributed by atoms with E-state index in [1.807, 2.05) is 0 Å². The maximum absolute atomic E-state index is 14.9. The summed E-state index contributed by atoms with van der Waals surface area (Å²) < 4.78 is 21.5. The van der Waals surface area contributed by atoms with Crippen molar-refractivity contribution >= 4 is 35.0 Å². The number of aromatic nitrogens is 3. The van der Waals surface area contributed by atoms with Gasteiger partial charge in [-0.15, -0.1) is 0 Å². The predicted octanol–water partition coefficient (Wildman–Crippen LogP) is 3.98. The Balaban J connectivity index is 1.29. The summed E-state index contributed by atoms with van der Waals surface area (Å²) >= 11 is 6.19. The Morgan fingerprint density at radius 3 is 2.60 bits per heavy atom. The molecule has 0 bridgehead atoms. The van der Waals surface area contributed by atoms with Crippen LogP contribution < -0.4 is 20.9 Å². The molecule has 2 aromatic heterocycles. The van der Waals surface area contributed by atoms with Gasteiger partial charge in [-0.05, 0) is 42.8 Å². The SMILES string of the molecule is Cc1cc(=O)n(-c2ccccc2Cl)nc1C(=O)Nc1ccc(Oc2ccnc(NC(=O)N3CC(O)C3)c2)c(F)c1. The highest BCUT2D eigenvalue weighted by atomic mass is 35.5. The van der Waals surface area contributed by atoms with Crippen LogP contribution >= 0.6 is 11.6 Å². The van der Waals surface area contributed by atoms with Crippen LogP contribution in [-0.2, 0) is 0 Å². The van der Waals surface area contributed by atoms with E-state index in [2.05, 4.69) is 20.7 Å². The molecule has 3 heterocycles. The summed E-state index contributed by atoms with van der Waals surface area (Å²) in [6, 6.07) is 14.2. The van der Waals surface area contributed by atoms with Gasteiger partial charge in [-0.25, -0.2) is 14.2 Å². The second kappa shape index (κ2) is 11.1. The third-order valence-corrected chi connectivity index (χ3v) is 6.27. The van der Waals surface area contributed by atoms with Crippen LogP contribution in [0.15, 0.2) is 71.7 Å². The molecule has 1 saturated heterocycles. The molecule has 0 unspecified atom stereocenters. The number of β-amino-alcohol motifs (C(OH)–C–C–N with tert-alkyl or cyclic N) is 1. The fourth-order valence-corrected chi connectivity index (χ4v) is 4.11. The quantitative estimate of drug-likeness (QED) is 0.322. The molecule has 0 aliphatic carbocycles. The van der Waals surface area contributed by atoms with Crippen molar-refractivity contribution < 1.29 is 23.8 Å². The van der Waals surface area contributed by atoms with E-state index in [1.165, 1.54) is 41.4 Å². The van der Waals surface area contributed by atoms with E-state index in [0.29, 0.717) is 11.3 Å². The second-order valence-electron chi connectivity index (χ2n) is 8.94. The summed E-state index contributed by atoms with van der Waals surface area (Å²) in [5.74, 6) is -1.15. The number of aryl methyl sites for hydroxylation is 1. The van der Waals surface area contributed by atoms with E-state index < -0.39 is 29.4 Å². The number of urea groups is 1. The summed E-state index contributed by atoms with van der Waals surface area (Å²) in [5.41, 5.74) is 0.268. The first-order valence-corrected chi connectivity index (χ1v) is 12.4. The zero-order chi connectivity index (χ0) is 28.4. The Morgan fingerprint density at radius 2 is 1.88 bits per heavy atom. The van der Waals surface area contributed by atoms with E-state index >= 15 is 0 Å². The van der Waals surface area contributed by atoms with Crippen molar-refractivity contribution in [3.05, 3.63) is 99.3 Å². The molecule has 2 aromatic carbocycles. The molecule has 1 aliphatic rings. The fraction of sp³-hybridized carbons (Fsp3) is 0.148. The van der Waals surface area contributed by atoms with Crippen LogP contribution in [0.2, 0.25) is 5.02 Å². The Bertz CT molecular complexity index is 1670. The maximum atomic E-state index is 14.9. The number of aliphatic hydroxyl groups excluding tert-OH is 1. The number of hydrogen-bond donors (Lipinski definition) is 3. The molecule has 204 valence electrons. The molecular weight excluding hydrogens is 543 g/mol. The van der Waals surface area contributed by atoms with Crippen molar-refractivity contribution in [1.29, 1.82) is 0 Å². The number of likely N-dealkylation sites (tertiary alicyclic amines) is 1. The van der Waals surface area contributed by atoms with Gasteiger partial charge >= 0.3 is 6.03 Å². The van der Waals surface area contributed by atoms with Crippen LogP contribution in [0.5, 0.6) is 11.5 Å². The second-order valence-corrected chi connectivity index (χ2v) is 9.35. The normalized spacial score (nSPS) is 12.9. The summed E-state index contributed by atoms with van der Waals surface area (Å²) in [6.45, 7) is 2.03. The van der Waals surface area contributed by atoms with Gasteiger partial charge in [0.15, 0.2) is 17.3 Å². The van der Waals surface area contributed by atoms with Crippen LogP contribution in [0.1, 0.15) is 16.1 Å². The lowest BCUT2D eigenvalue weighted by Gasteiger charge is -2.35. The third kappa shape index (κ3) is 5.77. The minimum atomic E-state index is -0.763. The maximum Gasteiger partial charge on any atom is 0.323 e. The zero-order valence-corrected chi connectivity index (χ0v) is 21.7. The average Bonchev–Trinajstić information content (AvgIpc) is 2.89. The van der Waals surface area contributed by atoms with Crippen LogP contribution in [0.4, 0.5) is 20.7 Å². The summed E-state index contributed by atoms with van der Waals surface area (Å²) in [5, 5.41) is 19.0. The van der Waals surface area contributed by atoms with Gasteiger partial charge in [-0.2, -0.15) is 9.78 Å². The summed E-state index contributed by atoms with van der Waals surface area (Å²) in [7, 11) is 0. The van der Waals surface area contributed by atoms with E-state index in [1.54, 1.807) is 31.2 Å². The van der Waals surface area contributed by atoms with Crippen LogP contribution in [0, 0.1) is 12.7 Å². The monoisotopic (exact) mass is 564 g/mol. The van der Waals surface area contributed by atoms with Gasteiger partial charge in [0.25, 0.3) is 11.5 Å². The van der Waals surface area contributed by atoms with E-state index in [-0.39, 0.29) is 46.8 Å². The van der Waals surface area contributed by atoms with Crippen molar-refractivity contribution in [1.82, 2.24) is 19.7 Å². The van der Waals surface area contributed by atoms with Gasteiger partial charge in [0.05, 0.1) is 29.9 Å². The number of carbonyl (C=O) groups excluding carboxylic acids is 2. The molecule has 3 amide bonds. The number of para-hydroxylation sites is 1. The van der Waals surface area contributed by atoms with E-state index in [0.717, 1.165) is 10.7 Å². The number of amides is 3. The fourth-order valence-electron chi connectivity index (χ4n) is 3.89. The first-order chi connectivity index (χ1) is 19.2. The number of hydrogen-bond acceptors (Lipinski definition) is 7. The molecule has 40 heavy (non-hydrogen) atoms. The Kier molecular flexibility index (Phi) is 7.45. The molecule has 5 rings (SSSR count). The van der Waals surface area contributed by atoms with E-state index in [4.69, 9.17) is 16.3 Å². The van der Waals surface area contributed by atoms with Crippen molar-refractivity contribution in [2.24, 2.45) is 0 Å². The number of carbonyl (C=O) groups is 2. The van der Waals surface area contributed by atoms with Gasteiger partial charge in [-0.1, -0.05) is 23.7 Å². The molecule has 1 fully saturated rings. The van der Waals surface area contributed by atoms with Gasteiger partial charge in [-0.3, -0.25) is 14.9 Å². The summed E-state index contributed by atoms with van der Waals surface area (Å²) in [4.78, 5) is 43.1. The van der Waals surface area contributed by atoms with Gasteiger partial charge < -0.3 is 20.1 Å². The molecule has 11 nitrogen and oxygen atoms in total. The molecule has 0 saturated carbocycles. The molecule has 4 aromatic rings. The molecule has 0 atom stereocenters. The number of benzene rings is 2. The van der Waals surface area contributed by atoms with Gasteiger partial charge in [0.2, 0.25) is 0 Å². The molecular formula is C27H22ClFN6O5. The first kappa shape index (κ1) is 26.8. The number of pyridine rings is 1. The number of anilines is 2. The van der Waals surface area contributed by atoms with Crippen molar-refractivity contribution in [3.63, 3.8) is 0 Å². The molecule has 3 N–H and O–H groups in total. The van der Waals surface area contributed by atoms with Crippen molar-refractivity contribution in [2.45, 2.75) is 13.0 Å². The standard InChI is InChI=1S/C27H22ClFN6O5/c1-15-10-24(37)35(21-5-3-2-4-19(21)28)33-25(15)26(38)31-16-6-7-22(20(29)11-16)40-18-8-9-30-23(12-18)32-27(39)34-13-17(36)14-34/h2-12,17,36H,13-14H2,1H3,(H,31,38)(H,30,32,39). The predicted molar refractivity (Wildman–Crippen MR) is 145 cm³/mol. The Hall–Kier alpha value is -4.81. The molecule has 13 heteroatoms. The molecule has 0 spiro atoms. The lowest BCUT2D eigenvalue weighted by molar-refractivity contribution is 0.0308. The molecule has 0 radical (unpaired) electrons. The van der Waals surface area contributed by atoms with Crippen LogP contribution in [0.3, 0.4) is 0 Å². The largest absolute Gasteiger partial charge is 0.454 e. The third-order valence-electron chi connectivity index (χ3n) is 5.95. The lowest BCUT2D eigenvalue weighted by Crippen LogP contribution is -2.54. The van der Waals surface area contributed by atoms with Crippen LogP contribution in [-0.4, -0.2) is 55.9 Å². The number of ether oxygens (including phenoxy) is 1. The highest BCUT2D eigenvalue weighted by Crippen LogP contribution is 2.28. The number of rotatable bonds is 6. The first-order valence-electron chi connectivity index (χ1n) is 12.0. The smallest absolute Gasteiger partial charge is 0.323 e. The van der Waals surface area contributed by atoms with Crippen molar-refractivity contribution in [3.8, 4) is 17.2 Å². The van der Waals surface area contributed by atoms with Crippen LogP contribution in [0.25, 0.3) is 5.69 Å². The average molecular weight is 565 g/mol. The van der Waals surface area contributed by atoms with E-state index in [9.17, 15) is 23.9 Å². The number of nitrogens with zero attached hydrogens (tertiary/aromatic N) is 4. The number of nitrogens with one attached hydrogen (secondary N) is 2. The zero-order valence-electron chi connectivity index (χ0n) is 21.0.